The van der Waals surface area contributed by atoms with Crippen molar-refractivity contribution in [2.75, 3.05) is 0 Å². The highest BCUT2D eigenvalue weighted by Gasteiger charge is 2.53. The molecular formula is C57H42N2. The van der Waals surface area contributed by atoms with Crippen LogP contribution in [-0.4, -0.2) is 5.71 Å². The van der Waals surface area contributed by atoms with Gasteiger partial charge in [0.1, 0.15) is 0 Å². The van der Waals surface area contributed by atoms with Crippen molar-refractivity contribution in [3.8, 4) is 33.4 Å². The zero-order valence-electron chi connectivity index (χ0n) is 32.9. The molecule has 1 aliphatic heterocycles. The van der Waals surface area contributed by atoms with E-state index in [9.17, 15) is 0 Å². The Kier molecular flexibility index (Phi) is 7.50. The van der Waals surface area contributed by atoms with E-state index in [0.29, 0.717) is 0 Å². The summed E-state index contributed by atoms with van der Waals surface area (Å²) in [5.41, 5.74) is 27.2. The summed E-state index contributed by atoms with van der Waals surface area (Å²) >= 11 is 0. The number of allylic oxidation sites excluding steroid dienone is 14. The zero-order valence-corrected chi connectivity index (χ0v) is 32.9. The van der Waals surface area contributed by atoms with Crippen molar-refractivity contribution in [1.29, 1.82) is 0 Å². The first-order valence-electron chi connectivity index (χ1n) is 21.0. The van der Waals surface area contributed by atoms with E-state index < -0.39 is 5.41 Å². The second-order valence-electron chi connectivity index (χ2n) is 16.6. The average Bonchev–Trinajstić information content (AvgIpc) is 3.76. The zero-order chi connectivity index (χ0) is 39.2. The van der Waals surface area contributed by atoms with E-state index in [1.807, 2.05) is 13.0 Å². The van der Waals surface area contributed by atoms with Gasteiger partial charge < -0.3 is 5.73 Å². The number of benzene rings is 6. The molecular weight excluding hydrogens is 713 g/mol. The largest absolute Gasteiger partial charge is 0.397 e. The molecule has 0 aromatic heterocycles. The minimum Gasteiger partial charge on any atom is -0.397 e. The molecule has 0 saturated carbocycles. The van der Waals surface area contributed by atoms with Crippen LogP contribution in [0.15, 0.2) is 227 Å². The molecule has 280 valence electrons. The lowest BCUT2D eigenvalue weighted by Crippen LogP contribution is -2.27. The number of hydrogen-bond donors (Lipinski definition) is 1. The summed E-state index contributed by atoms with van der Waals surface area (Å²) in [5, 5.41) is 2.55. The van der Waals surface area contributed by atoms with E-state index in [1.165, 1.54) is 83.1 Å². The molecule has 59 heavy (non-hydrogen) atoms. The van der Waals surface area contributed by atoms with Crippen LogP contribution >= 0.6 is 0 Å². The lowest BCUT2D eigenvalue weighted by Gasteiger charge is -2.34. The van der Waals surface area contributed by atoms with Gasteiger partial charge in [-0.15, -0.1) is 0 Å². The highest BCUT2D eigenvalue weighted by molar-refractivity contribution is 6.10. The molecule has 3 unspecified atom stereocenters. The van der Waals surface area contributed by atoms with E-state index in [2.05, 4.69) is 188 Å². The highest BCUT2D eigenvalue weighted by atomic mass is 14.8. The van der Waals surface area contributed by atoms with Gasteiger partial charge >= 0.3 is 0 Å². The monoisotopic (exact) mass is 754 g/mol. The molecule has 0 amide bonds. The van der Waals surface area contributed by atoms with Gasteiger partial charge in [-0.2, -0.15) is 0 Å². The first-order chi connectivity index (χ1) is 29.1. The Bertz CT molecular complexity index is 3050. The Morgan fingerprint density at radius 3 is 2.22 bits per heavy atom. The molecule has 0 fully saturated rings. The number of fused-ring (bicyclic) bond motifs is 13. The Balaban J connectivity index is 1.06. The van der Waals surface area contributed by atoms with Crippen LogP contribution in [-0.2, 0) is 5.41 Å². The van der Waals surface area contributed by atoms with E-state index in [0.717, 1.165) is 29.1 Å². The Labute approximate surface area is 345 Å². The van der Waals surface area contributed by atoms with Gasteiger partial charge in [0.15, 0.2) is 0 Å². The SMILES string of the molecule is C/C=C\C1=C(N)C2=NC(C3=C4C=CC=CC4C(c4ccc5c(c4)C4(c6ccccc6-c6ccccc64)c4cc6ccccc6c(-c6ccccc6)c4-5)C=C3)=CCC2C=C1. The molecule has 0 saturated heterocycles. The van der Waals surface area contributed by atoms with Gasteiger partial charge in [-0.1, -0.05) is 188 Å². The van der Waals surface area contributed by atoms with Gasteiger partial charge in [0.25, 0.3) is 0 Å². The Hall–Kier alpha value is -7.03. The fraction of sp³-hybridized carbons (Fsp3) is 0.105. The number of nitrogens with two attached hydrogens (primary N) is 1. The molecule has 3 atom stereocenters. The summed E-state index contributed by atoms with van der Waals surface area (Å²) in [6.07, 6.45) is 25.6. The van der Waals surface area contributed by atoms with Crippen molar-refractivity contribution in [2.24, 2.45) is 22.6 Å². The van der Waals surface area contributed by atoms with Crippen molar-refractivity contribution < 1.29 is 0 Å². The molecule has 1 spiro atoms. The lowest BCUT2D eigenvalue weighted by molar-refractivity contribution is 0.660. The molecule has 6 aliphatic rings. The van der Waals surface area contributed by atoms with Crippen molar-refractivity contribution in [1.82, 2.24) is 0 Å². The minimum atomic E-state index is -0.473. The fourth-order valence-electron chi connectivity index (χ4n) is 11.2. The van der Waals surface area contributed by atoms with Crippen LogP contribution in [0.1, 0.15) is 47.1 Å². The summed E-state index contributed by atoms with van der Waals surface area (Å²) in [7, 11) is 0. The van der Waals surface area contributed by atoms with Crippen LogP contribution in [0.2, 0.25) is 0 Å². The standard InChI is InChI=1S/C57H42N2/c1-2-14-36-25-26-37-28-32-52(59-56(37)55(36)58)46-31-30-40(42-19-8-9-20-43(42)46)39-27-29-47-50(33-39)57(48-23-12-10-21-44(48)45-22-11-13-24-49(45)57)51-34-38-17-6-7-18-41(38)53(54(47)51)35-15-4-3-5-16-35/h2-27,29-34,37,40,42H,28,58H2,1H3/b14-2-. The van der Waals surface area contributed by atoms with Crippen LogP contribution < -0.4 is 5.73 Å². The molecule has 6 aromatic carbocycles. The van der Waals surface area contributed by atoms with Crippen LogP contribution in [0.5, 0.6) is 0 Å². The van der Waals surface area contributed by atoms with Crippen molar-refractivity contribution in [3.05, 3.63) is 250 Å². The van der Waals surface area contributed by atoms with Crippen LogP contribution in [0.3, 0.4) is 0 Å². The average molecular weight is 755 g/mol. The molecule has 1 heterocycles. The number of aliphatic imine (C=N–C) groups is 1. The summed E-state index contributed by atoms with van der Waals surface area (Å²) in [4.78, 5) is 5.29. The van der Waals surface area contributed by atoms with Gasteiger partial charge in [-0.25, -0.2) is 0 Å². The van der Waals surface area contributed by atoms with E-state index in [-0.39, 0.29) is 17.8 Å². The van der Waals surface area contributed by atoms with Crippen molar-refractivity contribution >= 4 is 16.5 Å². The maximum atomic E-state index is 6.76. The van der Waals surface area contributed by atoms with Gasteiger partial charge in [-0.05, 0) is 103 Å². The molecule has 0 bridgehead atoms. The van der Waals surface area contributed by atoms with Gasteiger partial charge in [0.2, 0.25) is 0 Å². The van der Waals surface area contributed by atoms with E-state index >= 15 is 0 Å². The normalized spacial score (nSPS) is 21.3. The predicted octanol–water partition coefficient (Wildman–Crippen LogP) is 13.2. The van der Waals surface area contributed by atoms with Crippen LogP contribution in [0.25, 0.3) is 44.2 Å². The number of rotatable bonds is 4. The molecule has 5 aliphatic carbocycles. The fourth-order valence-corrected chi connectivity index (χ4v) is 11.2. The third kappa shape index (κ3) is 4.78. The summed E-state index contributed by atoms with van der Waals surface area (Å²) in [5.74, 6) is 0.527. The smallest absolute Gasteiger partial charge is 0.0726 e. The van der Waals surface area contributed by atoms with E-state index in [1.54, 1.807) is 0 Å². The van der Waals surface area contributed by atoms with Gasteiger partial charge in [0.05, 0.1) is 22.5 Å². The maximum absolute atomic E-state index is 6.76. The first-order valence-corrected chi connectivity index (χ1v) is 21.0. The van der Waals surface area contributed by atoms with Crippen LogP contribution in [0, 0.1) is 11.8 Å². The first kappa shape index (κ1) is 34.0. The lowest BCUT2D eigenvalue weighted by atomic mass is 9.68. The Morgan fingerprint density at radius 1 is 0.644 bits per heavy atom. The van der Waals surface area contributed by atoms with Crippen LogP contribution in [0.4, 0.5) is 0 Å². The summed E-state index contributed by atoms with van der Waals surface area (Å²) in [6, 6.07) is 48.2. The van der Waals surface area contributed by atoms with Crippen molar-refractivity contribution in [2.45, 2.75) is 24.7 Å². The van der Waals surface area contributed by atoms with E-state index in [4.69, 9.17) is 10.7 Å². The third-order valence-corrected chi connectivity index (χ3v) is 13.7. The maximum Gasteiger partial charge on any atom is 0.0726 e. The van der Waals surface area contributed by atoms with Crippen molar-refractivity contribution in [3.63, 3.8) is 0 Å². The van der Waals surface area contributed by atoms with Gasteiger partial charge in [-0.3, -0.25) is 4.99 Å². The van der Waals surface area contributed by atoms with Gasteiger partial charge in [0, 0.05) is 23.3 Å². The summed E-state index contributed by atoms with van der Waals surface area (Å²) < 4.78 is 0. The predicted molar refractivity (Wildman–Crippen MR) is 245 cm³/mol. The molecule has 2 N–H and O–H groups in total. The second-order valence-corrected chi connectivity index (χ2v) is 16.6. The molecule has 2 nitrogen and oxygen atoms in total. The molecule has 12 rings (SSSR count). The molecule has 0 radical (unpaired) electrons. The quantitative estimate of drug-likeness (QED) is 0.191. The number of nitrogens with zero attached hydrogens (tertiary/aromatic N) is 1. The number of hydrogen-bond acceptors (Lipinski definition) is 2. The highest BCUT2D eigenvalue weighted by Crippen LogP contribution is 2.65. The molecule has 2 heteroatoms. The second kappa shape index (κ2) is 13.0. The topological polar surface area (TPSA) is 38.4 Å². The minimum absolute atomic E-state index is 0.147. The Morgan fingerprint density at radius 2 is 1.41 bits per heavy atom. The summed E-state index contributed by atoms with van der Waals surface area (Å²) in [6.45, 7) is 2.03. The molecule has 6 aromatic rings. The third-order valence-electron chi connectivity index (χ3n) is 13.7.